The molecule has 0 aliphatic rings. The quantitative estimate of drug-likeness (QED) is 0.300. The normalized spacial score (nSPS) is 11.0. The topological polar surface area (TPSA) is 82.6 Å². The number of carbonyl (C=O) groups excluding carboxylic acids is 1. The fourth-order valence-electron chi connectivity index (χ4n) is 3.42. The van der Waals surface area contributed by atoms with Gasteiger partial charge in [0.15, 0.2) is 17.3 Å². The lowest BCUT2D eigenvalue weighted by Gasteiger charge is -2.12. The van der Waals surface area contributed by atoms with Crippen LogP contribution >= 0.6 is 11.3 Å². The molecule has 0 spiro atoms. The summed E-state index contributed by atoms with van der Waals surface area (Å²) in [6.07, 6.45) is 4.89. The van der Waals surface area contributed by atoms with Gasteiger partial charge in [-0.25, -0.2) is 4.79 Å². The zero-order valence-corrected chi connectivity index (χ0v) is 19.1. The zero-order chi connectivity index (χ0) is 23.4. The molecule has 2 aromatic heterocycles. The van der Waals surface area contributed by atoms with Crippen LogP contribution in [0.3, 0.4) is 0 Å². The van der Waals surface area contributed by atoms with Gasteiger partial charge in [-0.15, -0.1) is 11.3 Å². The first kappa shape index (κ1) is 22.2. The number of benzene rings is 2. The highest BCUT2D eigenvalue weighted by Gasteiger charge is 2.13. The van der Waals surface area contributed by atoms with Gasteiger partial charge in [-0.2, -0.15) is 0 Å². The van der Waals surface area contributed by atoms with E-state index in [0.29, 0.717) is 28.5 Å². The Kier molecular flexibility index (Phi) is 6.46. The van der Waals surface area contributed by atoms with E-state index in [-0.39, 0.29) is 11.5 Å². The average molecular weight is 463 g/mol. The molecule has 0 aliphatic heterocycles. The molecule has 0 bridgehead atoms. The van der Waals surface area contributed by atoms with Crippen molar-refractivity contribution in [3.05, 3.63) is 87.8 Å². The van der Waals surface area contributed by atoms with Crippen LogP contribution in [0.1, 0.15) is 15.9 Å². The number of hydrogen-bond donors (Lipinski definition) is 1. The first-order valence-electron chi connectivity index (χ1n) is 10.0. The minimum absolute atomic E-state index is 0.201. The number of nitrogens with zero attached hydrogens (tertiary/aromatic N) is 1. The van der Waals surface area contributed by atoms with E-state index in [1.165, 1.54) is 32.0 Å². The van der Waals surface area contributed by atoms with Crippen LogP contribution in [0.4, 0.5) is 0 Å². The Balaban J connectivity index is 1.60. The van der Waals surface area contributed by atoms with Crippen LogP contribution in [-0.2, 0) is 0 Å². The Labute approximate surface area is 194 Å². The van der Waals surface area contributed by atoms with E-state index in [2.05, 4.69) is 4.98 Å². The molecule has 0 fully saturated rings. The molecular formula is C25H22N2O5S. The molecule has 0 unspecified atom stereocenters. The first-order chi connectivity index (χ1) is 16.0. The molecule has 0 aliphatic carbocycles. The number of allylic oxidation sites excluding steroid dienone is 1. The third kappa shape index (κ3) is 4.61. The molecule has 7 nitrogen and oxygen atoms in total. The molecule has 1 N–H and O–H groups in total. The number of rotatable bonds is 8. The predicted molar refractivity (Wildman–Crippen MR) is 129 cm³/mol. The maximum Gasteiger partial charge on any atom is 0.330 e. The van der Waals surface area contributed by atoms with Gasteiger partial charge in [0.1, 0.15) is 0 Å². The van der Waals surface area contributed by atoms with Crippen LogP contribution in [0.15, 0.2) is 71.0 Å². The summed E-state index contributed by atoms with van der Waals surface area (Å²) in [5.41, 5.74) is 2.24. The average Bonchev–Trinajstić information content (AvgIpc) is 3.51. The van der Waals surface area contributed by atoms with Crippen LogP contribution in [0, 0.1) is 0 Å². The molecule has 2 aromatic carbocycles. The Morgan fingerprint density at radius 3 is 2.39 bits per heavy atom. The lowest BCUT2D eigenvalue weighted by atomic mass is 10.1. The van der Waals surface area contributed by atoms with E-state index in [9.17, 15) is 9.59 Å². The number of aromatic nitrogens is 2. The Bertz CT molecular complexity index is 1340. The molecule has 0 amide bonds. The molecule has 8 heteroatoms. The summed E-state index contributed by atoms with van der Waals surface area (Å²) < 4.78 is 17.5. The summed E-state index contributed by atoms with van der Waals surface area (Å²) >= 11 is 1.54. The standard InChI is InChI=1S/C25H22N2O5S/c1-30-21-12-16(13-22(31-2)24(21)32-3)9-10-20(28)17-6-4-7-18(14-17)27-15-19(26-25(27)29)23-8-5-11-33-23/h4-15H,1-3H3,(H,26,29)/b10-9+. The lowest BCUT2D eigenvalue weighted by molar-refractivity contribution is 0.104. The highest BCUT2D eigenvalue weighted by molar-refractivity contribution is 7.13. The first-order valence-corrected chi connectivity index (χ1v) is 10.9. The number of H-pyrrole nitrogens is 1. The number of ether oxygens (including phenoxy) is 3. The summed E-state index contributed by atoms with van der Waals surface area (Å²) in [7, 11) is 4.61. The van der Waals surface area contributed by atoms with E-state index in [1.54, 1.807) is 60.0 Å². The van der Waals surface area contributed by atoms with E-state index in [1.807, 2.05) is 17.5 Å². The minimum Gasteiger partial charge on any atom is -0.493 e. The minimum atomic E-state index is -0.268. The summed E-state index contributed by atoms with van der Waals surface area (Å²) in [5.74, 6) is 1.28. The molecule has 0 saturated heterocycles. The number of thiophene rings is 1. The second-order valence-electron chi connectivity index (χ2n) is 7.03. The van der Waals surface area contributed by atoms with Crippen molar-refractivity contribution in [3.63, 3.8) is 0 Å². The fraction of sp³-hybridized carbons (Fsp3) is 0.120. The summed E-state index contributed by atoms with van der Waals surface area (Å²) in [4.78, 5) is 29.1. The van der Waals surface area contributed by atoms with Crippen LogP contribution in [0.2, 0.25) is 0 Å². The van der Waals surface area contributed by atoms with Gasteiger partial charge in [-0.05, 0) is 47.4 Å². The maximum absolute atomic E-state index is 12.8. The van der Waals surface area contributed by atoms with Gasteiger partial charge in [-0.1, -0.05) is 24.3 Å². The Morgan fingerprint density at radius 1 is 1.00 bits per heavy atom. The van der Waals surface area contributed by atoms with Gasteiger partial charge in [0.25, 0.3) is 0 Å². The molecule has 2 heterocycles. The van der Waals surface area contributed by atoms with Gasteiger partial charge in [-0.3, -0.25) is 9.36 Å². The predicted octanol–water partition coefficient (Wildman–Crippen LogP) is 4.82. The van der Waals surface area contributed by atoms with E-state index < -0.39 is 0 Å². The van der Waals surface area contributed by atoms with E-state index in [4.69, 9.17) is 14.2 Å². The zero-order valence-electron chi connectivity index (χ0n) is 18.3. The van der Waals surface area contributed by atoms with Crippen molar-refractivity contribution in [3.8, 4) is 33.5 Å². The number of hydrogen-bond acceptors (Lipinski definition) is 6. The van der Waals surface area contributed by atoms with Crippen molar-refractivity contribution in [1.29, 1.82) is 0 Å². The third-order valence-electron chi connectivity index (χ3n) is 5.03. The third-order valence-corrected chi connectivity index (χ3v) is 5.93. The highest BCUT2D eigenvalue weighted by atomic mass is 32.1. The van der Waals surface area contributed by atoms with E-state index >= 15 is 0 Å². The number of imidazole rings is 1. The molecule has 0 atom stereocenters. The monoisotopic (exact) mass is 462 g/mol. The highest BCUT2D eigenvalue weighted by Crippen LogP contribution is 2.38. The number of nitrogens with one attached hydrogen (secondary N) is 1. The smallest absolute Gasteiger partial charge is 0.330 e. The molecular weight excluding hydrogens is 440 g/mol. The van der Waals surface area contributed by atoms with Crippen molar-refractivity contribution in [2.45, 2.75) is 0 Å². The van der Waals surface area contributed by atoms with Crippen LogP contribution in [-0.4, -0.2) is 36.7 Å². The van der Waals surface area contributed by atoms with Crippen molar-refractivity contribution in [2.24, 2.45) is 0 Å². The van der Waals surface area contributed by atoms with Crippen molar-refractivity contribution in [2.75, 3.05) is 21.3 Å². The van der Waals surface area contributed by atoms with Crippen molar-refractivity contribution < 1.29 is 19.0 Å². The molecule has 4 aromatic rings. The van der Waals surface area contributed by atoms with Crippen LogP contribution in [0.25, 0.3) is 22.3 Å². The molecule has 33 heavy (non-hydrogen) atoms. The Hall–Kier alpha value is -4.04. The number of ketones is 1. The summed E-state index contributed by atoms with van der Waals surface area (Å²) in [6.45, 7) is 0. The molecule has 0 saturated carbocycles. The van der Waals surface area contributed by atoms with Crippen molar-refractivity contribution in [1.82, 2.24) is 9.55 Å². The van der Waals surface area contributed by atoms with Gasteiger partial charge in [0, 0.05) is 11.8 Å². The van der Waals surface area contributed by atoms with Gasteiger partial charge in [0.05, 0.1) is 37.6 Å². The molecule has 4 rings (SSSR count). The Morgan fingerprint density at radius 2 is 1.76 bits per heavy atom. The van der Waals surface area contributed by atoms with Gasteiger partial charge in [0.2, 0.25) is 5.75 Å². The largest absolute Gasteiger partial charge is 0.493 e. The van der Waals surface area contributed by atoms with Crippen LogP contribution < -0.4 is 19.9 Å². The lowest BCUT2D eigenvalue weighted by Crippen LogP contribution is -2.14. The van der Waals surface area contributed by atoms with Gasteiger partial charge < -0.3 is 19.2 Å². The van der Waals surface area contributed by atoms with Crippen molar-refractivity contribution >= 4 is 23.2 Å². The second-order valence-corrected chi connectivity index (χ2v) is 7.97. The number of carbonyl (C=O) groups is 1. The number of methoxy groups -OCH3 is 3. The second kappa shape index (κ2) is 9.62. The number of aromatic amines is 1. The summed E-state index contributed by atoms with van der Waals surface area (Å²) in [5, 5.41) is 1.95. The molecule has 168 valence electrons. The van der Waals surface area contributed by atoms with Gasteiger partial charge >= 0.3 is 5.69 Å². The maximum atomic E-state index is 12.8. The SMILES string of the molecule is COc1cc(/C=C/C(=O)c2cccc(-n3cc(-c4cccs4)[nH]c3=O)c2)cc(OC)c1OC. The fourth-order valence-corrected chi connectivity index (χ4v) is 4.11. The molecule has 0 radical (unpaired) electrons. The van der Waals surface area contributed by atoms with Crippen LogP contribution in [0.5, 0.6) is 17.2 Å². The summed E-state index contributed by atoms with van der Waals surface area (Å²) in [6, 6.07) is 14.3. The van der Waals surface area contributed by atoms with E-state index in [0.717, 1.165) is 16.1 Å².